The normalized spacial score (nSPS) is 19.4. The molecule has 1 saturated heterocycles. The van der Waals surface area contributed by atoms with E-state index < -0.39 is 0 Å². The van der Waals surface area contributed by atoms with Crippen molar-refractivity contribution in [1.82, 2.24) is 5.32 Å². The third kappa shape index (κ3) is 4.12. The van der Waals surface area contributed by atoms with Crippen molar-refractivity contribution in [3.8, 4) is 0 Å². The average Bonchev–Trinajstić information content (AvgIpc) is 2.75. The van der Waals surface area contributed by atoms with Gasteiger partial charge in [-0.05, 0) is 42.5 Å². The average molecular weight is 281 g/mol. The second-order valence-corrected chi connectivity index (χ2v) is 6.56. The van der Waals surface area contributed by atoms with Gasteiger partial charge in [0.25, 0.3) is 0 Å². The van der Waals surface area contributed by atoms with Crippen LogP contribution in [0.2, 0.25) is 5.02 Å². The van der Waals surface area contributed by atoms with Crippen LogP contribution in [0.3, 0.4) is 0 Å². The number of hydrogen-bond donors (Lipinski definition) is 1. The number of nitrogens with one attached hydrogen (secondary N) is 1. The molecule has 1 N–H and O–H groups in total. The lowest BCUT2D eigenvalue weighted by atomic mass is 10.1. The molecule has 1 aliphatic rings. The van der Waals surface area contributed by atoms with Crippen LogP contribution in [0.1, 0.15) is 32.8 Å². The van der Waals surface area contributed by atoms with Crippen LogP contribution in [0.15, 0.2) is 18.2 Å². The number of halogens is 1. The summed E-state index contributed by atoms with van der Waals surface area (Å²) in [6.45, 7) is 10.9. The van der Waals surface area contributed by atoms with Crippen LogP contribution < -0.4 is 10.2 Å². The lowest BCUT2D eigenvalue weighted by Gasteiger charge is -2.20. The molecule has 1 aromatic rings. The number of benzene rings is 1. The van der Waals surface area contributed by atoms with Crippen molar-refractivity contribution in [2.75, 3.05) is 24.5 Å². The van der Waals surface area contributed by atoms with E-state index in [1.54, 1.807) is 0 Å². The van der Waals surface area contributed by atoms with Gasteiger partial charge in [0, 0.05) is 19.6 Å². The van der Waals surface area contributed by atoms with Gasteiger partial charge in [-0.2, -0.15) is 0 Å². The third-order valence-electron chi connectivity index (χ3n) is 3.66. The first-order valence-corrected chi connectivity index (χ1v) is 7.68. The molecule has 2 rings (SSSR count). The molecule has 1 aromatic carbocycles. The van der Waals surface area contributed by atoms with Gasteiger partial charge in [-0.15, -0.1) is 0 Å². The fourth-order valence-corrected chi connectivity index (χ4v) is 2.90. The molecule has 0 saturated carbocycles. The highest BCUT2D eigenvalue weighted by atomic mass is 35.5. The minimum absolute atomic E-state index is 0.681. The molecule has 3 heteroatoms. The molecule has 0 bridgehead atoms. The van der Waals surface area contributed by atoms with E-state index in [9.17, 15) is 0 Å². The predicted octanol–water partition coefficient (Wildman–Crippen LogP) is 3.93. The van der Waals surface area contributed by atoms with Crippen molar-refractivity contribution in [2.24, 2.45) is 11.8 Å². The zero-order valence-corrected chi connectivity index (χ0v) is 13.0. The Bertz CT molecular complexity index is 417. The maximum absolute atomic E-state index is 6.43. The van der Waals surface area contributed by atoms with Gasteiger partial charge < -0.3 is 10.2 Å². The molecule has 1 heterocycles. The Morgan fingerprint density at radius 2 is 2.21 bits per heavy atom. The molecule has 1 fully saturated rings. The molecule has 1 aliphatic heterocycles. The summed E-state index contributed by atoms with van der Waals surface area (Å²) in [4.78, 5) is 2.40. The first-order valence-electron chi connectivity index (χ1n) is 7.30. The monoisotopic (exact) mass is 280 g/mol. The lowest BCUT2D eigenvalue weighted by molar-refractivity contribution is 0.552. The van der Waals surface area contributed by atoms with Gasteiger partial charge in [0.15, 0.2) is 0 Å². The Morgan fingerprint density at radius 1 is 1.42 bits per heavy atom. The van der Waals surface area contributed by atoms with Crippen molar-refractivity contribution >= 4 is 17.3 Å². The molecular formula is C16H25ClN2. The van der Waals surface area contributed by atoms with Crippen LogP contribution >= 0.6 is 11.6 Å². The van der Waals surface area contributed by atoms with E-state index in [0.29, 0.717) is 5.92 Å². The van der Waals surface area contributed by atoms with E-state index in [1.165, 1.54) is 17.7 Å². The van der Waals surface area contributed by atoms with E-state index >= 15 is 0 Å². The van der Waals surface area contributed by atoms with Gasteiger partial charge in [-0.3, -0.25) is 0 Å². The van der Waals surface area contributed by atoms with Gasteiger partial charge in [0.2, 0.25) is 0 Å². The smallest absolute Gasteiger partial charge is 0.0642 e. The number of hydrogen-bond acceptors (Lipinski definition) is 2. The van der Waals surface area contributed by atoms with Crippen molar-refractivity contribution in [3.63, 3.8) is 0 Å². The number of nitrogens with zero attached hydrogens (tertiary/aromatic N) is 1. The Labute approximate surface area is 122 Å². The maximum atomic E-state index is 6.43. The summed E-state index contributed by atoms with van der Waals surface area (Å²) in [5, 5.41) is 4.34. The Kier molecular flexibility index (Phi) is 5.12. The van der Waals surface area contributed by atoms with Crippen LogP contribution in [0, 0.1) is 11.8 Å². The lowest BCUT2D eigenvalue weighted by Crippen LogP contribution is -2.20. The molecule has 0 spiro atoms. The van der Waals surface area contributed by atoms with Gasteiger partial charge >= 0.3 is 0 Å². The van der Waals surface area contributed by atoms with Crippen LogP contribution in [0.4, 0.5) is 5.69 Å². The molecule has 19 heavy (non-hydrogen) atoms. The largest absolute Gasteiger partial charge is 0.370 e. The van der Waals surface area contributed by atoms with Gasteiger partial charge in [0.05, 0.1) is 10.7 Å². The second kappa shape index (κ2) is 6.62. The minimum Gasteiger partial charge on any atom is -0.370 e. The molecule has 0 amide bonds. The molecule has 0 radical (unpaired) electrons. The second-order valence-electron chi connectivity index (χ2n) is 6.15. The Balaban J connectivity index is 1.97. The van der Waals surface area contributed by atoms with E-state index in [1.807, 2.05) is 0 Å². The van der Waals surface area contributed by atoms with Crippen molar-refractivity contribution in [2.45, 2.75) is 33.7 Å². The van der Waals surface area contributed by atoms with E-state index in [0.717, 1.165) is 37.1 Å². The third-order valence-corrected chi connectivity index (χ3v) is 3.96. The van der Waals surface area contributed by atoms with E-state index in [2.05, 4.69) is 49.2 Å². The summed E-state index contributed by atoms with van der Waals surface area (Å²) in [6.07, 6.45) is 1.27. The fraction of sp³-hybridized carbons (Fsp3) is 0.625. The highest BCUT2D eigenvalue weighted by molar-refractivity contribution is 6.33. The highest BCUT2D eigenvalue weighted by Crippen LogP contribution is 2.31. The molecule has 0 aromatic heterocycles. The Morgan fingerprint density at radius 3 is 2.79 bits per heavy atom. The number of rotatable bonds is 5. The Hall–Kier alpha value is -0.730. The topological polar surface area (TPSA) is 15.3 Å². The SMILES string of the molecule is CC(C)CNCc1ccc(N2CCC(C)C2)c(Cl)c1. The van der Waals surface area contributed by atoms with Crippen LogP contribution in [-0.4, -0.2) is 19.6 Å². The van der Waals surface area contributed by atoms with Gasteiger partial charge in [0.1, 0.15) is 0 Å². The van der Waals surface area contributed by atoms with Crippen molar-refractivity contribution in [1.29, 1.82) is 0 Å². The van der Waals surface area contributed by atoms with Gasteiger partial charge in [-0.25, -0.2) is 0 Å². The zero-order chi connectivity index (χ0) is 13.8. The molecule has 106 valence electrons. The van der Waals surface area contributed by atoms with Gasteiger partial charge in [-0.1, -0.05) is 38.4 Å². The summed E-state index contributed by atoms with van der Waals surface area (Å²) in [7, 11) is 0. The molecule has 2 nitrogen and oxygen atoms in total. The summed E-state index contributed by atoms with van der Waals surface area (Å²) < 4.78 is 0. The summed E-state index contributed by atoms with van der Waals surface area (Å²) in [5.74, 6) is 1.46. The van der Waals surface area contributed by atoms with Crippen LogP contribution in [0.5, 0.6) is 0 Å². The first kappa shape index (κ1) is 14.7. The fourth-order valence-electron chi connectivity index (χ4n) is 2.58. The van der Waals surface area contributed by atoms with Crippen LogP contribution in [-0.2, 0) is 6.54 Å². The molecule has 0 aliphatic carbocycles. The van der Waals surface area contributed by atoms with E-state index in [4.69, 9.17) is 11.6 Å². The summed E-state index contributed by atoms with van der Waals surface area (Å²) >= 11 is 6.43. The van der Waals surface area contributed by atoms with Crippen molar-refractivity contribution < 1.29 is 0 Å². The number of anilines is 1. The maximum Gasteiger partial charge on any atom is 0.0642 e. The quantitative estimate of drug-likeness (QED) is 0.879. The summed E-state index contributed by atoms with van der Waals surface area (Å²) in [6, 6.07) is 6.47. The van der Waals surface area contributed by atoms with E-state index in [-0.39, 0.29) is 0 Å². The minimum atomic E-state index is 0.681. The zero-order valence-electron chi connectivity index (χ0n) is 12.2. The highest BCUT2D eigenvalue weighted by Gasteiger charge is 2.20. The summed E-state index contributed by atoms with van der Waals surface area (Å²) in [5.41, 5.74) is 2.46. The molecule has 1 atom stereocenters. The van der Waals surface area contributed by atoms with Crippen molar-refractivity contribution in [3.05, 3.63) is 28.8 Å². The predicted molar refractivity (Wildman–Crippen MR) is 84.0 cm³/mol. The molecule has 1 unspecified atom stereocenters. The molecular weight excluding hydrogens is 256 g/mol. The van der Waals surface area contributed by atoms with Crippen LogP contribution in [0.25, 0.3) is 0 Å². The first-order chi connectivity index (χ1) is 9.06. The standard InChI is InChI=1S/C16H25ClN2/c1-12(2)9-18-10-14-4-5-16(15(17)8-14)19-7-6-13(3)11-19/h4-5,8,12-13,18H,6-7,9-11H2,1-3H3.